The topological polar surface area (TPSA) is 30.5 Å². The molecule has 3 heteroatoms. The average Bonchev–Trinajstić information content (AvgIpc) is 2.47. The molecule has 108 valence electrons. The van der Waals surface area contributed by atoms with Crippen molar-refractivity contribution in [1.29, 1.82) is 0 Å². The van der Waals surface area contributed by atoms with E-state index in [9.17, 15) is 0 Å². The van der Waals surface area contributed by atoms with Gasteiger partial charge in [0.1, 0.15) is 5.75 Å². The van der Waals surface area contributed by atoms with Crippen molar-refractivity contribution < 1.29 is 9.47 Å². The number of hydrogen-bond acceptors (Lipinski definition) is 3. The summed E-state index contributed by atoms with van der Waals surface area (Å²) in [5.74, 6) is 0.918. The van der Waals surface area contributed by atoms with Gasteiger partial charge in [0.25, 0.3) is 0 Å². The van der Waals surface area contributed by atoms with E-state index in [4.69, 9.17) is 9.47 Å². The Morgan fingerprint density at radius 2 is 1.84 bits per heavy atom. The monoisotopic (exact) mass is 265 g/mol. The summed E-state index contributed by atoms with van der Waals surface area (Å²) in [7, 11) is 3.72. The summed E-state index contributed by atoms with van der Waals surface area (Å²) in [5, 5.41) is 3.37. The number of rotatable bonds is 10. The Balaban J connectivity index is 2.27. The number of methoxy groups -OCH3 is 1. The van der Waals surface area contributed by atoms with Gasteiger partial charge in [0.15, 0.2) is 0 Å². The van der Waals surface area contributed by atoms with E-state index in [0.29, 0.717) is 6.04 Å². The minimum atomic E-state index is 0.527. The summed E-state index contributed by atoms with van der Waals surface area (Å²) < 4.78 is 10.7. The zero-order chi connectivity index (χ0) is 13.9. The lowest BCUT2D eigenvalue weighted by molar-refractivity contribution is 0.124. The molecule has 1 rings (SSSR count). The first kappa shape index (κ1) is 16.0. The van der Waals surface area contributed by atoms with Crippen molar-refractivity contribution >= 4 is 0 Å². The normalized spacial score (nSPS) is 12.4. The molecule has 0 aromatic heterocycles. The van der Waals surface area contributed by atoms with E-state index >= 15 is 0 Å². The lowest BCUT2D eigenvalue weighted by Gasteiger charge is -2.16. The molecule has 0 radical (unpaired) electrons. The third kappa shape index (κ3) is 6.60. The van der Waals surface area contributed by atoms with E-state index < -0.39 is 0 Å². The van der Waals surface area contributed by atoms with Crippen LogP contribution in [-0.4, -0.2) is 33.4 Å². The van der Waals surface area contributed by atoms with Crippen LogP contribution < -0.4 is 10.1 Å². The molecule has 1 N–H and O–H groups in total. The van der Waals surface area contributed by atoms with Gasteiger partial charge in [-0.3, -0.25) is 0 Å². The first-order valence-electron chi connectivity index (χ1n) is 7.18. The van der Waals surface area contributed by atoms with Crippen LogP contribution in [0.1, 0.15) is 31.7 Å². The van der Waals surface area contributed by atoms with Crippen LogP contribution in [0.3, 0.4) is 0 Å². The van der Waals surface area contributed by atoms with Crippen LogP contribution in [0.4, 0.5) is 0 Å². The summed E-state index contributed by atoms with van der Waals surface area (Å²) in [4.78, 5) is 0. The molecule has 1 unspecified atom stereocenters. The Morgan fingerprint density at radius 3 is 2.42 bits per heavy atom. The van der Waals surface area contributed by atoms with Crippen LogP contribution in [0, 0.1) is 0 Å². The minimum Gasteiger partial charge on any atom is -0.497 e. The van der Waals surface area contributed by atoms with E-state index in [-0.39, 0.29) is 0 Å². The smallest absolute Gasteiger partial charge is 0.118 e. The van der Waals surface area contributed by atoms with Crippen LogP contribution in [0.25, 0.3) is 0 Å². The molecule has 0 bridgehead atoms. The number of benzene rings is 1. The second-order valence-electron chi connectivity index (χ2n) is 4.77. The summed E-state index contributed by atoms with van der Waals surface area (Å²) in [6.07, 6.45) is 4.39. The van der Waals surface area contributed by atoms with Crippen molar-refractivity contribution in [3.05, 3.63) is 29.8 Å². The molecule has 1 aromatic rings. The SMILES string of the molecule is CCCOCCC(CCc1ccc(OC)cc1)NC. The molecular weight excluding hydrogens is 238 g/mol. The fraction of sp³-hybridized carbons (Fsp3) is 0.625. The molecule has 19 heavy (non-hydrogen) atoms. The van der Waals surface area contributed by atoms with Gasteiger partial charge in [-0.05, 0) is 50.4 Å². The number of aryl methyl sites for hydroxylation is 1. The van der Waals surface area contributed by atoms with E-state index in [2.05, 4.69) is 24.4 Å². The molecule has 0 aliphatic rings. The molecule has 0 saturated carbocycles. The molecule has 1 atom stereocenters. The highest BCUT2D eigenvalue weighted by molar-refractivity contribution is 5.27. The van der Waals surface area contributed by atoms with Gasteiger partial charge in [-0.25, -0.2) is 0 Å². The van der Waals surface area contributed by atoms with Gasteiger partial charge in [-0.2, -0.15) is 0 Å². The number of hydrogen-bond donors (Lipinski definition) is 1. The highest BCUT2D eigenvalue weighted by Gasteiger charge is 2.06. The Labute approximate surface area is 117 Å². The Kier molecular flexibility index (Phi) is 8.26. The molecule has 0 aliphatic heterocycles. The fourth-order valence-electron chi connectivity index (χ4n) is 2.04. The standard InChI is InChI=1S/C16H27NO2/c1-4-12-19-13-11-15(17-2)8-5-14-6-9-16(18-3)10-7-14/h6-7,9-10,15,17H,4-5,8,11-13H2,1-3H3. The van der Waals surface area contributed by atoms with Crippen molar-refractivity contribution in [1.82, 2.24) is 5.32 Å². The fourth-order valence-corrected chi connectivity index (χ4v) is 2.04. The summed E-state index contributed by atoms with van der Waals surface area (Å²) in [6.45, 7) is 3.86. The van der Waals surface area contributed by atoms with Crippen LogP contribution >= 0.6 is 0 Å². The molecular formula is C16H27NO2. The molecule has 0 spiro atoms. The highest BCUT2D eigenvalue weighted by atomic mass is 16.5. The lowest BCUT2D eigenvalue weighted by atomic mass is 10.0. The Morgan fingerprint density at radius 1 is 1.11 bits per heavy atom. The maximum absolute atomic E-state index is 5.54. The van der Waals surface area contributed by atoms with Crippen molar-refractivity contribution in [2.75, 3.05) is 27.4 Å². The van der Waals surface area contributed by atoms with Gasteiger partial charge in [-0.1, -0.05) is 19.1 Å². The van der Waals surface area contributed by atoms with E-state index in [1.807, 2.05) is 19.2 Å². The van der Waals surface area contributed by atoms with Crippen molar-refractivity contribution in [2.24, 2.45) is 0 Å². The van der Waals surface area contributed by atoms with Crippen molar-refractivity contribution in [3.8, 4) is 5.75 Å². The minimum absolute atomic E-state index is 0.527. The Bertz CT molecular complexity index is 324. The molecule has 0 fully saturated rings. The molecule has 0 amide bonds. The predicted molar refractivity (Wildman–Crippen MR) is 79.9 cm³/mol. The van der Waals surface area contributed by atoms with Crippen LogP contribution in [0.15, 0.2) is 24.3 Å². The van der Waals surface area contributed by atoms with Gasteiger partial charge in [0, 0.05) is 19.3 Å². The summed E-state index contributed by atoms with van der Waals surface area (Å²) >= 11 is 0. The summed E-state index contributed by atoms with van der Waals surface area (Å²) in [5.41, 5.74) is 1.36. The lowest BCUT2D eigenvalue weighted by Crippen LogP contribution is -2.27. The molecule has 1 aromatic carbocycles. The molecule has 0 heterocycles. The maximum atomic E-state index is 5.54. The van der Waals surface area contributed by atoms with Crippen LogP contribution in [0.5, 0.6) is 5.75 Å². The average molecular weight is 265 g/mol. The van der Waals surface area contributed by atoms with Gasteiger partial charge in [0.05, 0.1) is 7.11 Å². The van der Waals surface area contributed by atoms with Crippen molar-refractivity contribution in [3.63, 3.8) is 0 Å². The first-order chi connectivity index (χ1) is 9.30. The predicted octanol–water partition coefficient (Wildman–Crippen LogP) is 3.03. The zero-order valence-corrected chi connectivity index (χ0v) is 12.4. The van der Waals surface area contributed by atoms with Crippen LogP contribution in [-0.2, 0) is 11.2 Å². The van der Waals surface area contributed by atoms with E-state index in [1.165, 1.54) is 5.56 Å². The number of ether oxygens (including phenoxy) is 2. The van der Waals surface area contributed by atoms with Crippen LogP contribution in [0.2, 0.25) is 0 Å². The third-order valence-corrected chi connectivity index (χ3v) is 3.31. The highest BCUT2D eigenvalue weighted by Crippen LogP contribution is 2.13. The van der Waals surface area contributed by atoms with E-state index in [0.717, 1.165) is 44.6 Å². The Hall–Kier alpha value is -1.06. The number of nitrogens with one attached hydrogen (secondary N) is 1. The van der Waals surface area contributed by atoms with Crippen molar-refractivity contribution in [2.45, 2.75) is 38.6 Å². The first-order valence-corrected chi connectivity index (χ1v) is 7.18. The van der Waals surface area contributed by atoms with Gasteiger partial charge in [-0.15, -0.1) is 0 Å². The second kappa shape index (κ2) is 9.82. The maximum Gasteiger partial charge on any atom is 0.118 e. The second-order valence-corrected chi connectivity index (χ2v) is 4.77. The largest absolute Gasteiger partial charge is 0.497 e. The quantitative estimate of drug-likeness (QED) is 0.660. The molecule has 3 nitrogen and oxygen atoms in total. The zero-order valence-electron chi connectivity index (χ0n) is 12.4. The van der Waals surface area contributed by atoms with Gasteiger partial charge < -0.3 is 14.8 Å². The summed E-state index contributed by atoms with van der Waals surface area (Å²) in [6, 6.07) is 8.85. The third-order valence-electron chi connectivity index (χ3n) is 3.31. The van der Waals surface area contributed by atoms with Gasteiger partial charge in [0.2, 0.25) is 0 Å². The van der Waals surface area contributed by atoms with Gasteiger partial charge >= 0.3 is 0 Å². The van der Waals surface area contributed by atoms with E-state index in [1.54, 1.807) is 7.11 Å². The molecule has 0 aliphatic carbocycles. The molecule has 0 saturated heterocycles.